The minimum atomic E-state index is -3.68. The maximum absolute atomic E-state index is 15.4. The summed E-state index contributed by atoms with van der Waals surface area (Å²) in [5, 5.41) is 0.438. The van der Waals surface area contributed by atoms with E-state index >= 15 is 4.39 Å². The SMILES string of the molecule is CCCCS(=O)(=O)Nc1cccc(-c2cc(OC)c3nc(-c4cnc(N)nc4)nc(N)c3c2)c1F.CCOCC. The molecule has 4 aromatic rings. The third kappa shape index (κ3) is 7.51. The highest BCUT2D eigenvalue weighted by atomic mass is 32.2. The van der Waals surface area contributed by atoms with Gasteiger partial charge in [-0.1, -0.05) is 25.5 Å². The van der Waals surface area contributed by atoms with Crippen molar-refractivity contribution < 1.29 is 22.3 Å². The van der Waals surface area contributed by atoms with Crippen LogP contribution in [-0.4, -0.2) is 54.4 Å². The van der Waals surface area contributed by atoms with E-state index in [-0.39, 0.29) is 34.6 Å². The molecule has 0 bridgehead atoms. The molecule has 214 valence electrons. The number of sulfonamides is 1. The van der Waals surface area contributed by atoms with Gasteiger partial charge >= 0.3 is 0 Å². The molecule has 0 amide bonds. The average molecular weight is 572 g/mol. The molecule has 2 aromatic heterocycles. The first-order chi connectivity index (χ1) is 19.1. The van der Waals surface area contributed by atoms with Crippen molar-refractivity contribution in [2.75, 3.05) is 42.3 Å². The molecule has 2 heterocycles. The van der Waals surface area contributed by atoms with Gasteiger partial charge in [-0.3, -0.25) is 4.72 Å². The Bertz CT molecular complexity index is 1550. The number of halogens is 1. The van der Waals surface area contributed by atoms with Crippen LogP contribution in [0.2, 0.25) is 0 Å². The molecule has 0 radical (unpaired) electrons. The lowest BCUT2D eigenvalue weighted by atomic mass is 10.0. The van der Waals surface area contributed by atoms with Crippen LogP contribution >= 0.6 is 0 Å². The summed E-state index contributed by atoms with van der Waals surface area (Å²) in [4.78, 5) is 16.8. The summed E-state index contributed by atoms with van der Waals surface area (Å²) in [6, 6.07) is 7.71. The first-order valence-corrected chi connectivity index (χ1v) is 14.4. The van der Waals surface area contributed by atoms with E-state index in [1.165, 1.54) is 31.6 Å². The number of ether oxygens (including phenoxy) is 2. The Morgan fingerprint density at radius 1 is 1.00 bits per heavy atom. The first-order valence-electron chi connectivity index (χ1n) is 12.7. The Balaban J connectivity index is 0.000000810. The lowest BCUT2D eigenvalue weighted by Crippen LogP contribution is -2.17. The van der Waals surface area contributed by atoms with Crippen molar-refractivity contribution in [3.63, 3.8) is 0 Å². The van der Waals surface area contributed by atoms with Gasteiger partial charge in [0.1, 0.15) is 17.1 Å². The van der Waals surface area contributed by atoms with E-state index < -0.39 is 15.8 Å². The number of aromatic nitrogens is 4. The Hall–Kier alpha value is -4.10. The highest BCUT2D eigenvalue weighted by Gasteiger charge is 2.19. The molecule has 0 saturated heterocycles. The number of hydrogen-bond acceptors (Lipinski definition) is 10. The van der Waals surface area contributed by atoms with Crippen molar-refractivity contribution in [1.82, 2.24) is 19.9 Å². The molecule has 0 unspecified atom stereocenters. The van der Waals surface area contributed by atoms with Crippen LogP contribution in [0.1, 0.15) is 33.6 Å². The number of nitrogen functional groups attached to an aromatic ring is 2. The van der Waals surface area contributed by atoms with E-state index in [2.05, 4.69) is 24.7 Å². The van der Waals surface area contributed by atoms with Gasteiger partial charge < -0.3 is 20.9 Å². The zero-order valence-electron chi connectivity index (χ0n) is 22.9. The molecule has 0 fully saturated rings. The van der Waals surface area contributed by atoms with Gasteiger partial charge in [0, 0.05) is 36.6 Å². The third-order valence-electron chi connectivity index (χ3n) is 5.69. The van der Waals surface area contributed by atoms with E-state index in [1.807, 2.05) is 20.8 Å². The number of anilines is 3. The number of nitrogens with one attached hydrogen (secondary N) is 1. The van der Waals surface area contributed by atoms with Crippen molar-refractivity contribution in [3.8, 4) is 28.3 Å². The molecule has 4 rings (SSSR count). The number of rotatable bonds is 10. The number of nitrogens with zero attached hydrogens (tertiary/aromatic N) is 4. The second-order valence-corrected chi connectivity index (χ2v) is 10.4. The van der Waals surface area contributed by atoms with Crippen molar-refractivity contribution in [2.45, 2.75) is 33.6 Å². The number of methoxy groups -OCH3 is 1. The average Bonchev–Trinajstić information content (AvgIpc) is 2.94. The van der Waals surface area contributed by atoms with Crippen molar-refractivity contribution >= 4 is 38.4 Å². The van der Waals surface area contributed by atoms with Gasteiger partial charge in [-0.25, -0.2) is 32.7 Å². The van der Waals surface area contributed by atoms with Crippen LogP contribution in [0.25, 0.3) is 33.4 Å². The van der Waals surface area contributed by atoms with Gasteiger partial charge in [-0.2, -0.15) is 0 Å². The fourth-order valence-corrected chi connectivity index (χ4v) is 4.97. The fraction of sp³-hybridized carbons (Fsp3) is 0.333. The summed E-state index contributed by atoms with van der Waals surface area (Å²) in [5.41, 5.74) is 13.1. The van der Waals surface area contributed by atoms with Crippen molar-refractivity contribution in [3.05, 3.63) is 48.5 Å². The van der Waals surface area contributed by atoms with Crippen LogP contribution in [-0.2, 0) is 14.8 Å². The summed E-state index contributed by atoms with van der Waals surface area (Å²) < 4.78 is 52.7. The van der Waals surface area contributed by atoms with Crippen LogP contribution in [0.5, 0.6) is 5.75 Å². The molecule has 2 aromatic carbocycles. The highest BCUT2D eigenvalue weighted by molar-refractivity contribution is 7.92. The maximum atomic E-state index is 15.4. The molecule has 11 nitrogen and oxygen atoms in total. The summed E-state index contributed by atoms with van der Waals surface area (Å²) in [6.07, 6.45) is 4.14. The van der Waals surface area contributed by atoms with Crippen molar-refractivity contribution in [1.29, 1.82) is 0 Å². The predicted molar refractivity (Wildman–Crippen MR) is 156 cm³/mol. The van der Waals surface area contributed by atoms with Crippen LogP contribution < -0.4 is 20.9 Å². The standard InChI is InChI=1S/C23H24FN7O3S.C4H10O/c1-3-4-8-35(32,33)31-17-7-5-6-15(19(17)24)13-9-16-20(18(10-13)34-2)29-22(30-21(16)25)14-11-27-23(26)28-12-14;1-3-5-4-2/h5-7,9-12,31H,3-4,8H2,1-2H3,(H2,25,29,30)(H2,26,27,28);3-4H2,1-2H3. The molecular weight excluding hydrogens is 537 g/mol. The maximum Gasteiger partial charge on any atom is 0.232 e. The minimum Gasteiger partial charge on any atom is -0.494 e. The topological polar surface area (TPSA) is 168 Å². The van der Waals surface area contributed by atoms with Gasteiger partial charge in [-0.15, -0.1) is 0 Å². The second-order valence-electron chi connectivity index (χ2n) is 8.56. The number of fused-ring (bicyclic) bond motifs is 1. The predicted octanol–water partition coefficient (Wildman–Crippen LogP) is 4.65. The molecule has 0 spiro atoms. The van der Waals surface area contributed by atoms with Crippen molar-refractivity contribution in [2.24, 2.45) is 0 Å². The summed E-state index contributed by atoms with van der Waals surface area (Å²) in [5.74, 6) is 0.0458. The molecule has 13 heteroatoms. The molecule has 0 aliphatic rings. The molecule has 0 saturated carbocycles. The first kappa shape index (κ1) is 30.4. The van der Waals surface area contributed by atoms with Crippen LogP contribution in [0.3, 0.4) is 0 Å². The van der Waals surface area contributed by atoms with E-state index in [1.54, 1.807) is 18.2 Å². The molecule has 40 heavy (non-hydrogen) atoms. The number of unbranched alkanes of at least 4 members (excludes halogenated alkanes) is 1. The highest BCUT2D eigenvalue weighted by Crippen LogP contribution is 2.37. The Morgan fingerprint density at radius 3 is 2.30 bits per heavy atom. The van der Waals surface area contributed by atoms with Crippen LogP contribution in [0, 0.1) is 5.82 Å². The van der Waals surface area contributed by atoms with E-state index in [4.69, 9.17) is 20.9 Å². The number of hydrogen-bond donors (Lipinski definition) is 3. The normalized spacial score (nSPS) is 11.1. The molecule has 0 aliphatic heterocycles. The van der Waals surface area contributed by atoms with E-state index in [9.17, 15) is 8.42 Å². The Kier molecular flexibility index (Phi) is 10.5. The Labute approximate surface area is 233 Å². The fourth-order valence-electron chi connectivity index (χ4n) is 3.71. The van der Waals surface area contributed by atoms with Gasteiger partial charge in [0.05, 0.1) is 24.1 Å². The number of nitrogens with two attached hydrogens (primary N) is 2. The number of benzene rings is 2. The van der Waals surface area contributed by atoms with Gasteiger partial charge in [-0.05, 0) is 44.0 Å². The van der Waals surface area contributed by atoms with E-state index in [0.717, 1.165) is 13.2 Å². The zero-order chi connectivity index (χ0) is 29.3. The lowest BCUT2D eigenvalue weighted by molar-refractivity contribution is 0.162. The monoisotopic (exact) mass is 571 g/mol. The van der Waals surface area contributed by atoms with E-state index in [0.29, 0.717) is 40.6 Å². The Morgan fingerprint density at radius 2 is 1.70 bits per heavy atom. The van der Waals surface area contributed by atoms with Gasteiger partial charge in [0.25, 0.3) is 0 Å². The second kappa shape index (κ2) is 13.8. The molecular formula is C27H34FN7O4S. The molecule has 0 atom stereocenters. The smallest absolute Gasteiger partial charge is 0.232 e. The quantitative estimate of drug-likeness (QED) is 0.244. The summed E-state index contributed by atoms with van der Waals surface area (Å²) in [6.45, 7) is 7.55. The minimum absolute atomic E-state index is 0.0911. The van der Waals surface area contributed by atoms with Crippen LogP contribution in [0.4, 0.5) is 21.8 Å². The lowest BCUT2D eigenvalue weighted by Gasteiger charge is -2.14. The molecule has 5 N–H and O–H groups in total. The molecule has 0 aliphatic carbocycles. The third-order valence-corrected chi connectivity index (χ3v) is 7.05. The summed E-state index contributed by atoms with van der Waals surface area (Å²) in [7, 11) is -2.22. The van der Waals surface area contributed by atoms with Gasteiger partial charge in [0.2, 0.25) is 16.0 Å². The summed E-state index contributed by atoms with van der Waals surface area (Å²) >= 11 is 0. The zero-order valence-corrected chi connectivity index (χ0v) is 23.8. The van der Waals surface area contributed by atoms with Gasteiger partial charge in [0.15, 0.2) is 11.6 Å². The largest absolute Gasteiger partial charge is 0.494 e. The van der Waals surface area contributed by atoms with Crippen LogP contribution in [0.15, 0.2) is 42.7 Å².